The van der Waals surface area contributed by atoms with Gasteiger partial charge in [0, 0.05) is 5.92 Å². The van der Waals surface area contributed by atoms with Crippen LogP contribution in [0, 0.1) is 11.8 Å². The molecule has 0 fully saturated rings. The van der Waals surface area contributed by atoms with Crippen LogP contribution in [0.2, 0.25) is 0 Å². The summed E-state index contributed by atoms with van der Waals surface area (Å²) in [6, 6.07) is 0. The number of esters is 1. The van der Waals surface area contributed by atoms with Gasteiger partial charge in [-0.25, -0.2) is 4.79 Å². The van der Waals surface area contributed by atoms with Crippen LogP contribution >= 0.6 is 0 Å². The topological polar surface area (TPSA) is 46.5 Å². The Morgan fingerprint density at radius 1 is 1.73 bits per heavy atom. The highest BCUT2D eigenvalue weighted by atomic mass is 16.5. The lowest BCUT2D eigenvalue weighted by Crippen LogP contribution is -2.20. The Labute approximate surface area is 66.4 Å². The quantitative estimate of drug-likeness (QED) is 0.338. The maximum absolute atomic E-state index is 10.5. The van der Waals surface area contributed by atoms with Crippen LogP contribution in [-0.2, 0) is 9.53 Å². The van der Waals surface area contributed by atoms with E-state index in [-0.39, 0.29) is 0 Å². The molecular weight excluding hydrogens is 144 g/mol. The second-order valence-corrected chi connectivity index (χ2v) is 2.37. The molecule has 3 nitrogen and oxygen atoms in total. The van der Waals surface area contributed by atoms with Crippen molar-refractivity contribution in [3.8, 4) is 11.8 Å². The van der Waals surface area contributed by atoms with Crippen molar-refractivity contribution in [2.45, 2.75) is 25.9 Å². The summed E-state index contributed by atoms with van der Waals surface area (Å²) in [4.78, 5) is 10.5. The fourth-order valence-corrected chi connectivity index (χ4v) is 0.325. The fourth-order valence-electron chi connectivity index (χ4n) is 0.325. The summed E-state index contributed by atoms with van der Waals surface area (Å²) in [5, 5.41) is 9.29. The monoisotopic (exact) mass is 156 g/mol. The molecule has 0 aromatic rings. The van der Waals surface area contributed by atoms with E-state index in [4.69, 9.17) is 0 Å². The molecule has 0 saturated carbocycles. The minimum absolute atomic E-state index is 0.483. The molecule has 0 aromatic heterocycles. The Bertz CT molecular complexity index is 195. The third-order valence-corrected chi connectivity index (χ3v) is 1.31. The first-order valence-electron chi connectivity index (χ1n) is 3.35. The van der Waals surface area contributed by atoms with Crippen molar-refractivity contribution >= 4 is 5.97 Å². The smallest absolute Gasteiger partial charge is 0.384 e. The van der Waals surface area contributed by atoms with Gasteiger partial charge in [0.15, 0.2) is 0 Å². The van der Waals surface area contributed by atoms with Gasteiger partial charge in [-0.1, -0.05) is 12.8 Å². The van der Waals surface area contributed by atoms with Gasteiger partial charge in [0.2, 0.25) is 0 Å². The van der Waals surface area contributed by atoms with Gasteiger partial charge >= 0.3 is 5.97 Å². The average molecular weight is 156 g/mol. The second-order valence-electron chi connectivity index (χ2n) is 2.37. The van der Waals surface area contributed by atoms with E-state index in [0.717, 1.165) is 0 Å². The van der Waals surface area contributed by atoms with Crippen molar-refractivity contribution < 1.29 is 14.6 Å². The first-order chi connectivity index (χ1) is 5.02. The Balaban J connectivity index is 4.16. The van der Waals surface area contributed by atoms with Crippen LogP contribution in [0.25, 0.3) is 0 Å². The van der Waals surface area contributed by atoms with Gasteiger partial charge in [0.25, 0.3) is 0 Å². The molecule has 11 heavy (non-hydrogen) atoms. The van der Waals surface area contributed by atoms with Crippen LogP contribution in [-0.4, -0.2) is 23.8 Å². The van der Waals surface area contributed by atoms with E-state index in [1.165, 1.54) is 7.11 Å². The largest absolute Gasteiger partial charge is 0.459 e. The molecular formula is C8H12O3. The lowest BCUT2D eigenvalue weighted by Gasteiger charge is -2.11. The molecule has 0 heterocycles. The molecule has 62 valence electrons. The SMILES string of the molecule is CCC(C)(O)C#CC(=O)OC. The maximum Gasteiger partial charge on any atom is 0.384 e. The predicted molar refractivity (Wildman–Crippen MR) is 40.7 cm³/mol. The van der Waals surface area contributed by atoms with Crippen LogP contribution in [0.3, 0.4) is 0 Å². The molecule has 3 heteroatoms. The van der Waals surface area contributed by atoms with E-state index in [1.54, 1.807) is 13.8 Å². The van der Waals surface area contributed by atoms with Crippen LogP contribution in [0.4, 0.5) is 0 Å². The lowest BCUT2D eigenvalue weighted by molar-refractivity contribution is -0.133. The third-order valence-electron chi connectivity index (χ3n) is 1.31. The van der Waals surface area contributed by atoms with Crippen LogP contribution in [0.15, 0.2) is 0 Å². The highest BCUT2D eigenvalue weighted by Gasteiger charge is 2.12. The first kappa shape index (κ1) is 9.99. The van der Waals surface area contributed by atoms with Gasteiger partial charge in [-0.05, 0) is 13.3 Å². The Kier molecular flexibility index (Phi) is 3.63. The predicted octanol–water partition coefficient (Wildman–Crippen LogP) is 0.324. The zero-order chi connectivity index (χ0) is 8.91. The molecule has 1 N–H and O–H groups in total. The summed E-state index contributed by atoms with van der Waals surface area (Å²) >= 11 is 0. The number of aliphatic hydroxyl groups is 1. The lowest BCUT2D eigenvalue weighted by atomic mass is 10.1. The highest BCUT2D eigenvalue weighted by Crippen LogP contribution is 2.04. The average Bonchev–Trinajstić information content (AvgIpc) is 2.00. The third kappa shape index (κ3) is 4.40. The second kappa shape index (κ2) is 3.99. The van der Waals surface area contributed by atoms with Crippen LogP contribution in [0.5, 0.6) is 0 Å². The summed E-state index contributed by atoms with van der Waals surface area (Å²) < 4.78 is 4.27. The Morgan fingerprint density at radius 3 is 2.64 bits per heavy atom. The van der Waals surface area contributed by atoms with E-state index < -0.39 is 11.6 Å². The summed E-state index contributed by atoms with van der Waals surface area (Å²) in [5.74, 6) is 3.93. The molecule has 1 atom stereocenters. The number of carbonyl (C=O) groups is 1. The summed E-state index contributed by atoms with van der Waals surface area (Å²) in [5.41, 5.74) is -1.09. The van der Waals surface area contributed by atoms with Crippen LogP contribution < -0.4 is 0 Å². The molecule has 0 aromatic carbocycles. The summed E-state index contributed by atoms with van der Waals surface area (Å²) in [6.07, 6.45) is 0.483. The number of ether oxygens (including phenoxy) is 1. The molecule has 0 amide bonds. The van der Waals surface area contributed by atoms with E-state index >= 15 is 0 Å². The number of hydrogen-bond donors (Lipinski definition) is 1. The molecule has 0 rings (SSSR count). The Morgan fingerprint density at radius 2 is 2.27 bits per heavy atom. The standard InChI is InChI=1S/C8H12O3/c1-4-8(2,10)6-5-7(9)11-3/h10H,4H2,1-3H3. The van der Waals surface area contributed by atoms with Crippen molar-refractivity contribution in [1.82, 2.24) is 0 Å². The van der Waals surface area contributed by atoms with Gasteiger partial charge in [-0.15, -0.1) is 0 Å². The first-order valence-corrected chi connectivity index (χ1v) is 3.35. The number of hydrogen-bond acceptors (Lipinski definition) is 3. The van der Waals surface area contributed by atoms with E-state index in [9.17, 15) is 9.90 Å². The molecule has 0 spiro atoms. The molecule has 0 saturated heterocycles. The van der Waals surface area contributed by atoms with Crippen molar-refractivity contribution in [2.75, 3.05) is 7.11 Å². The molecule has 0 aliphatic rings. The van der Waals surface area contributed by atoms with Crippen molar-refractivity contribution in [1.29, 1.82) is 0 Å². The normalized spacial score (nSPS) is 14.2. The summed E-state index contributed by atoms with van der Waals surface area (Å²) in [6.45, 7) is 3.33. The minimum atomic E-state index is -1.09. The van der Waals surface area contributed by atoms with Gasteiger partial charge < -0.3 is 9.84 Å². The van der Waals surface area contributed by atoms with Crippen LogP contribution in [0.1, 0.15) is 20.3 Å². The van der Waals surface area contributed by atoms with Gasteiger partial charge in [0.1, 0.15) is 5.60 Å². The van der Waals surface area contributed by atoms with Gasteiger partial charge in [-0.3, -0.25) is 0 Å². The number of methoxy groups -OCH3 is 1. The van der Waals surface area contributed by atoms with Gasteiger partial charge in [0.05, 0.1) is 7.11 Å². The van der Waals surface area contributed by atoms with Gasteiger partial charge in [-0.2, -0.15) is 0 Å². The summed E-state index contributed by atoms with van der Waals surface area (Å²) in [7, 11) is 1.25. The highest BCUT2D eigenvalue weighted by molar-refractivity contribution is 5.88. The molecule has 0 aliphatic carbocycles. The zero-order valence-corrected chi connectivity index (χ0v) is 6.97. The molecule has 1 unspecified atom stereocenters. The Hall–Kier alpha value is -1.01. The van der Waals surface area contributed by atoms with Crippen molar-refractivity contribution in [3.05, 3.63) is 0 Å². The maximum atomic E-state index is 10.5. The number of carbonyl (C=O) groups excluding carboxylic acids is 1. The number of rotatable bonds is 1. The minimum Gasteiger partial charge on any atom is -0.459 e. The fraction of sp³-hybridized carbons (Fsp3) is 0.625. The van der Waals surface area contributed by atoms with Crippen molar-refractivity contribution in [3.63, 3.8) is 0 Å². The zero-order valence-electron chi connectivity index (χ0n) is 6.97. The van der Waals surface area contributed by atoms with E-state index in [2.05, 4.69) is 16.6 Å². The molecule has 0 aliphatic heterocycles. The molecule has 0 bridgehead atoms. The van der Waals surface area contributed by atoms with E-state index in [0.29, 0.717) is 6.42 Å². The molecule has 0 radical (unpaired) electrons. The van der Waals surface area contributed by atoms with Crippen molar-refractivity contribution in [2.24, 2.45) is 0 Å². The van der Waals surface area contributed by atoms with E-state index in [1.807, 2.05) is 0 Å².